The molecule has 0 saturated carbocycles. The maximum atomic E-state index is 11.8. The molecule has 156 valence electrons. The van der Waals surface area contributed by atoms with Crippen molar-refractivity contribution in [2.75, 3.05) is 6.54 Å². The Hall–Kier alpha value is -0.610. The van der Waals surface area contributed by atoms with Gasteiger partial charge in [-0.2, -0.15) is 0 Å². The molecular weight excluding hydrogens is 326 g/mol. The summed E-state index contributed by atoms with van der Waals surface area (Å²) in [4.78, 5) is 11.8. The van der Waals surface area contributed by atoms with Crippen LogP contribution in [0.3, 0.4) is 0 Å². The molecule has 0 aromatic heterocycles. The van der Waals surface area contributed by atoms with Gasteiger partial charge in [0.05, 0.1) is 12.2 Å². The van der Waals surface area contributed by atoms with Crippen LogP contribution in [0.25, 0.3) is 0 Å². The highest BCUT2D eigenvalue weighted by Crippen LogP contribution is 2.11. The Labute approximate surface area is 162 Å². The van der Waals surface area contributed by atoms with Crippen molar-refractivity contribution in [3.63, 3.8) is 0 Å². The van der Waals surface area contributed by atoms with E-state index in [0.29, 0.717) is 19.3 Å². The molecule has 2 atom stereocenters. The summed E-state index contributed by atoms with van der Waals surface area (Å²) >= 11 is 0. The van der Waals surface area contributed by atoms with Gasteiger partial charge >= 0.3 is 0 Å². The second-order valence-corrected chi connectivity index (χ2v) is 7.70. The lowest BCUT2D eigenvalue weighted by Crippen LogP contribution is -2.30. The molecule has 0 aromatic carbocycles. The lowest BCUT2D eigenvalue weighted by atomic mass is 10.0. The first-order chi connectivity index (χ1) is 12.6. The van der Waals surface area contributed by atoms with Gasteiger partial charge in [0.2, 0.25) is 5.91 Å². The fourth-order valence-electron chi connectivity index (χ4n) is 3.20. The topological polar surface area (TPSA) is 69.6 Å². The van der Waals surface area contributed by atoms with E-state index in [2.05, 4.69) is 19.2 Å². The van der Waals surface area contributed by atoms with E-state index in [1.54, 1.807) is 0 Å². The predicted molar refractivity (Wildman–Crippen MR) is 110 cm³/mol. The normalized spacial score (nSPS) is 13.5. The second kappa shape index (κ2) is 19.2. The Bertz CT molecular complexity index is 310. The Morgan fingerprint density at radius 1 is 0.692 bits per heavy atom. The molecule has 0 spiro atoms. The van der Waals surface area contributed by atoms with Crippen molar-refractivity contribution in [3.8, 4) is 0 Å². The van der Waals surface area contributed by atoms with Crippen molar-refractivity contribution in [2.24, 2.45) is 0 Å². The number of hydrogen-bond donors (Lipinski definition) is 3. The van der Waals surface area contributed by atoms with Gasteiger partial charge in [0.15, 0.2) is 0 Å². The predicted octanol–water partition coefficient (Wildman–Crippen LogP) is 5.11. The molecule has 0 aliphatic heterocycles. The average Bonchev–Trinajstić information content (AvgIpc) is 2.64. The van der Waals surface area contributed by atoms with E-state index < -0.39 is 12.2 Å². The van der Waals surface area contributed by atoms with E-state index in [9.17, 15) is 15.0 Å². The molecule has 26 heavy (non-hydrogen) atoms. The third-order valence-electron chi connectivity index (χ3n) is 5.07. The van der Waals surface area contributed by atoms with Crippen LogP contribution in [0.4, 0.5) is 0 Å². The Morgan fingerprint density at radius 3 is 1.73 bits per heavy atom. The first-order valence-corrected chi connectivity index (χ1v) is 11.2. The van der Waals surface area contributed by atoms with Crippen LogP contribution in [-0.2, 0) is 4.79 Å². The molecule has 4 heteroatoms. The fourth-order valence-corrected chi connectivity index (χ4v) is 3.20. The Balaban J connectivity index is 3.41. The number of aliphatic hydroxyl groups is 2. The van der Waals surface area contributed by atoms with Gasteiger partial charge in [-0.3, -0.25) is 4.79 Å². The smallest absolute Gasteiger partial charge is 0.220 e. The molecule has 0 aliphatic carbocycles. The van der Waals surface area contributed by atoms with Crippen LogP contribution in [0.2, 0.25) is 0 Å². The highest BCUT2D eigenvalue weighted by Gasteiger charge is 2.16. The minimum atomic E-state index is -0.782. The summed E-state index contributed by atoms with van der Waals surface area (Å²) in [7, 11) is 0. The van der Waals surface area contributed by atoms with E-state index >= 15 is 0 Å². The van der Waals surface area contributed by atoms with Gasteiger partial charge in [-0.05, 0) is 19.3 Å². The van der Waals surface area contributed by atoms with Gasteiger partial charge in [-0.25, -0.2) is 0 Å². The van der Waals surface area contributed by atoms with Crippen LogP contribution in [0.5, 0.6) is 0 Å². The third-order valence-corrected chi connectivity index (χ3v) is 5.07. The number of aliphatic hydroxyl groups excluding tert-OH is 2. The van der Waals surface area contributed by atoms with Crippen LogP contribution >= 0.6 is 0 Å². The number of rotatable bonds is 19. The molecule has 0 radical (unpaired) electrons. The Kier molecular flexibility index (Phi) is 18.7. The molecule has 0 aromatic rings. The monoisotopic (exact) mass is 371 g/mol. The maximum Gasteiger partial charge on any atom is 0.220 e. The molecule has 1 amide bonds. The molecule has 0 rings (SSSR count). The van der Waals surface area contributed by atoms with Crippen LogP contribution < -0.4 is 5.32 Å². The largest absolute Gasteiger partial charge is 0.390 e. The first kappa shape index (κ1) is 25.4. The molecule has 0 bridgehead atoms. The second-order valence-electron chi connectivity index (χ2n) is 7.70. The van der Waals surface area contributed by atoms with Gasteiger partial charge in [-0.15, -0.1) is 0 Å². The zero-order chi connectivity index (χ0) is 19.5. The zero-order valence-corrected chi connectivity index (χ0v) is 17.5. The quantitative estimate of drug-likeness (QED) is 0.276. The van der Waals surface area contributed by atoms with Crippen LogP contribution in [0.15, 0.2) is 0 Å². The molecule has 4 nitrogen and oxygen atoms in total. The summed E-state index contributed by atoms with van der Waals surface area (Å²) in [5, 5.41) is 22.7. The van der Waals surface area contributed by atoms with Crippen LogP contribution in [0, 0.1) is 0 Å². The highest BCUT2D eigenvalue weighted by molar-refractivity contribution is 5.75. The number of amides is 1. The number of unbranched alkanes of at least 4 members (excludes halogenated alkanes) is 11. The van der Waals surface area contributed by atoms with E-state index in [4.69, 9.17) is 0 Å². The molecular formula is C22H45NO3. The summed E-state index contributed by atoms with van der Waals surface area (Å²) in [6, 6.07) is 0. The number of carbonyl (C=O) groups is 1. The number of nitrogens with one attached hydrogen (secondary N) is 1. The van der Waals surface area contributed by atoms with Gasteiger partial charge in [0.25, 0.3) is 0 Å². The molecule has 3 N–H and O–H groups in total. The molecule has 0 aliphatic rings. The Morgan fingerprint density at radius 2 is 1.15 bits per heavy atom. The van der Waals surface area contributed by atoms with Crippen molar-refractivity contribution in [3.05, 3.63) is 0 Å². The minimum absolute atomic E-state index is 0.0132. The van der Waals surface area contributed by atoms with Gasteiger partial charge in [0.1, 0.15) is 0 Å². The summed E-state index contributed by atoms with van der Waals surface area (Å²) < 4.78 is 0. The molecule has 0 heterocycles. The minimum Gasteiger partial charge on any atom is -0.390 e. The number of carbonyl (C=O) groups excluding carboxylic acids is 1. The van der Waals surface area contributed by atoms with Crippen molar-refractivity contribution in [1.82, 2.24) is 5.32 Å². The van der Waals surface area contributed by atoms with E-state index in [-0.39, 0.29) is 5.91 Å². The van der Waals surface area contributed by atoms with E-state index in [1.165, 1.54) is 57.8 Å². The van der Waals surface area contributed by atoms with Crippen molar-refractivity contribution < 1.29 is 15.0 Å². The van der Waals surface area contributed by atoms with Crippen LogP contribution in [-0.4, -0.2) is 34.9 Å². The van der Waals surface area contributed by atoms with E-state index in [0.717, 1.165) is 32.2 Å². The van der Waals surface area contributed by atoms with Crippen molar-refractivity contribution in [2.45, 2.75) is 129 Å². The first-order valence-electron chi connectivity index (χ1n) is 11.2. The standard InChI is InChI=1S/C22H45NO3/c1-3-5-7-8-9-10-11-12-13-15-19-23-22(26)18-17-21(25)20(24)16-14-6-4-2/h20-21,24-25H,3-19H2,1-2H3,(H,23,26). The summed E-state index contributed by atoms with van der Waals surface area (Å²) in [5.74, 6) is -0.0132. The summed E-state index contributed by atoms with van der Waals surface area (Å²) in [6.45, 7) is 5.09. The van der Waals surface area contributed by atoms with Crippen LogP contribution in [0.1, 0.15) is 117 Å². The fraction of sp³-hybridized carbons (Fsp3) is 0.955. The van der Waals surface area contributed by atoms with Gasteiger partial charge in [-0.1, -0.05) is 90.9 Å². The molecule has 2 unspecified atom stereocenters. The molecule has 0 saturated heterocycles. The zero-order valence-electron chi connectivity index (χ0n) is 17.5. The maximum absolute atomic E-state index is 11.8. The van der Waals surface area contributed by atoms with E-state index in [1.807, 2.05) is 0 Å². The van der Waals surface area contributed by atoms with Gasteiger partial charge in [0, 0.05) is 13.0 Å². The molecule has 0 fully saturated rings. The van der Waals surface area contributed by atoms with Crippen molar-refractivity contribution in [1.29, 1.82) is 0 Å². The SMILES string of the molecule is CCCCCCCCCCCCNC(=O)CCC(O)C(O)CCCCC. The van der Waals surface area contributed by atoms with Crippen molar-refractivity contribution >= 4 is 5.91 Å². The summed E-state index contributed by atoms with van der Waals surface area (Å²) in [6.07, 6.45) is 15.8. The third kappa shape index (κ3) is 16.8. The average molecular weight is 372 g/mol. The highest BCUT2D eigenvalue weighted by atomic mass is 16.3. The van der Waals surface area contributed by atoms with Gasteiger partial charge < -0.3 is 15.5 Å². The lowest BCUT2D eigenvalue weighted by molar-refractivity contribution is -0.122. The lowest BCUT2D eigenvalue weighted by Gasteiger charge is -2.17. The number of hydrogen-bond acceptors (Lipinski definition) is 3. The summed E-state index contributed by atoms with van der Waals surface area (Å²) in [5.41, 5.74) is 0.